The van der Waals surface area contributed by atoms with Gasteiger partial charge in [-0.15, -0.1) is 0 Å². The highest BCUT2D eigenvalue weighted by molar-refractivity contribution is 5.88. The van der Waals surface area contributed by atoms with Crippen LogP contribution in [0, 0.1) is 0 Å². The smallest absolute Gasteiger partial charge is 0.301 e. The third kappa shape index (κ3) is 3.73. The molecule has 4 nitrogen and oxygen atoms in total. The van der Waals surface area contributed by atoms with E-state index in [-0.39, 0.29) is 11.9 Å². The first kappa shape index (κ1) is 9.77. The summed E-state index contributed by atoms with van der Waals surface area (Å²) in [5, 5.41) is 2.56. The Kier molecular flexibility index (Phi) is 4.02. The molecule has 0 aliphatic carbocycles. The van der Waals surface area contributed by atoms with E-state index in [2.05, 4.69) is 17.2 Å². The largest absolute Gasteiger partial charge is 0.432 e. The van der Waals surface area contributed by atoms with Crippen LogP contribution in [0.5, 0.6) is 0 Å². The van der Waals surface area contributed by atoms with E-state index in [1.54, 1.807) is 0 Å². The minimum Gasteiger partial charge on any atom is -0.432 e. The number of hydrogen-bond donors (Lipinski definition) is 1. The molecule has 0 aliphatic heterocycles. The van der Waals surface area contributed by atoms with Gasteiger partial charge in [0, 0.05) is 6.42 Å². The first-order valence-electron chi connectivity index (χ1n) is 4.52. The fourth-order valence-corrected chi connectivity index (χ4v) is 1.00. The molecule has 0 saturated carbocycles. The van der Waals surface area contributed by atoms with Crippen molar-refractivity contribution in [1.29, 1.82) is 0 Å². The summed E-state index contributed by atoms with van der Waals surface area (Å²) in [5.41, 5.74) is 0. The molecule has 0 radical (unpaired) electrons. The maximum Gasteiger partial charge on any atom is 0.301 e. The predicted molar refractivity (Wildman–Crippen MR) is 49.3 cm³/mol. The Balaban J connectivity index is 2.18. The highest BCUT2D eigenvalue weighted by atomic mass is 16.4. The van der Waals surface area contributed by atoms with Crippen molar-refractivity contribution in [3.63, 3.8) is 0 Å². The molecule has 1 rings (SSSR count). The van der Waals surface area contributed by atoms with Crippen LogP contribution in [0.15, 0.2) is 16.9 Å². The molecule has 0 saturated heterocycles. The molecular formula is C9H14N2O2. The van der Waals surface area contributed by atoms with E-state index in [1.165, 1.54) is 12.5 Å². The van der Waals surface area contributed by atoms with Crippen LogP contribution in [0.25, 0.3) is 0 Å². The molecule has 0 atom stereocenters. The van der Waals surface area contributed by atoms with E-state index in [1.807, 2.05) is 0 Å². The van der Waals surface area contributed by atoms with Gasteiger partial charge in [-0.25, -0.2) is 4.98 Å². The molecule has 0 unspecified atom stereocenters. The average Bonchev–Trinajstić information content (AvgIpc) is 2.57. The normalized spacial score (nSPS) is 9.92. The first-order valence-corrected chi connectivity index (χ1v) is 4.52. The SMILES string of the molecule is CCCCCC(=O)Nc1ncco1. The highest BCUT2D eigenvalue weighted by Crippen LogP contribution is 2.04. The number of carbonyl (C=O) groups is 1. The molecule has 72 valence electrons. The Hall–Kier alpha value is -1.32. The maximum atomic E-state index is 11.2. The van der Waals surface area contributed by atoms with Gasteiger partial charge < -0.3 is 4.42 Å². The Labute approximate surface area is 77.3 Å². The Morgan fingerprint density at radius 1 is 1.62 bits per heavy atom. The molecule has 1 aromatic rings. The third-order valence-electron chi connectivity index (χ3n) is 1.69. The number of carbonyl (C=O) groups excluding carboxylic acids is 1. The van der Waals surface area contributed by atoms with Gasteiger partial charge in [-0.3, -0.25) is 10.1 Å². The van der Waals surface area contributed by atoms with Crippen LogP contribution in [0.3, 0.4) is 0 Å². The summed E-state index contributed by atoms with van der Waals surface area (Å²) in [6, 6.07) is 0.279. The van der Waals surface area contributed by atoms with E-state index in [0.29, 0.717) is 6.42 Å². The standard InChI is InChI=1S/C9H14N2O2/c1-2-3-4-5-8(12)11-9-10-6-7-13-9/h6-7H,2-5H2,1H3,(H,10,11,12). The van der Waals surface area contributed by atoms with Crippen LogP contribution in [0.2, 0.25) is 0 Å². The molecule has 0 fully saturated rings. The van der Waals surface area contributed by atoms with Gasteiger partial charge in [0.15, 0.2) is 0 Å². The number of nitrogens with zero attached hydrogens (tertiary/aromatic N) is 1. The van der Waals surface area contributed by atoms with Gasteiger partial charge in [0.05, 0.1) is 6.20 Å². The maximum absolute atomic E-state index is 11.2. The van der Waals surface area contributed by atoms with Gasteiger partial charge in [0.25, 0.3) is 0 Å². The summed E-state index contributed by atoms with van der Waals surface area (Å²) < 4.78 is 4.87. The zero-order chi connectivity index (χ0) is 9.52. The Morgan fingerprint density at radius 3 is 3.08 bits per heavy atom. The lowest BCUT2D eigenvalue weighted by Crippen LogP contribution is -2.11. The van der Waals surface area contributed by atoms with E-state index in [9.17, 15) is 4.79 Å². The van der Waals surface area contributed by atoms with Gasteiger partial charge >= 0.3 is 6.01 Å². The molecule has 13 heavy (non-hydrogen) atoms. The summed E-state index contributed by atoms with van der Waals surface area (Å²) in [6.45, 7) is 2.10. The average molecular weight is 182 g/mol. The van der Waals surface area contributed by atoms with Crippen LogP contribution < -0.4 is 5.32 Å². The summed E-state index contributed by atoms with van der Waals surface area (Å²) in [5.74, 6) is -0.0316. The molecule has 0 spiro atoms. The monoisotopic (exact) mass is 182 g/mol. The van der Waals surface area contributed by atoms with Crippen molar-refractivity contribution >= 4 is 11.9 Å². The number of amides is 1. The second kappa shape index (κ2) is 5.35. The predicted octanol–water partition coefficient (Wildman–Crippen LogP) is 2.19. The van der Waals surface area contributed by atoms with E-state index in [4.69, 9.17) is 4.42 Å². The van der Waals surface area contributed by atoms with E-state index in [0.717, 1.165) is 19.3 Å². The lowest BCUT2D eigenvalue weighted by molar-refractivity contribution is -0.116. The molecule has 1 heterocycles. The second-order valence-electron chi connectivity index (χ2n) is 2.84. The Bertz CT molecular complexity index is 244. The fourth-order valence-electron chi connectivity index (χ4n) is 1.00. The zero-order valence-corrected chi connectivity index (χ0v) is 7.75. The van der Waals surface area contributed by atoms with Crippen molar-refractivity contribution in [3.05, 3.63) is 12.5 Å². The van der Waals surface area contributed by atoms with Crippen LogP contribution in [0.1, 0.15) is 32.6 Å². The fraction of sp³-hybridized carbons (Fsp3) is 0.556. The van der Waals surface area contributed by atoms with Crippen molar-refractivity contribution < 1.29 is 9.21 Å². The van der Waals surface area contributed by atoms with E-state index >= 15 is 0 Å². The van der Waals surface area contributed by atoms with Crippen LogP contribution in [-0.2, 0) is 4.79 Å². The number of anilines is 1. The van der Waals surface area contributed by atoms with Gasteiger partial charge in [0.1, 0.15) is 6.26 Å². The molecule has 1 amide bonds. The molecule has 0 aromatic carbocycles. The van der Waals surface area contributed by atoms with E-state index < -0.39 is 0 Å². The van der Waals surface area contributed by atoms with Crippen LogP contribution in [-0.4, -0.2) is 10.9 Å². The third-order valence-corrected chi connectivity index (χ3v) is 1.69. The van der Waals surface area contributed by atoms with Gasteiger partial charge in [-0.1, -0.05) is 19.8 Å². The topological polar surface area (TPSA) is 55.1 Å². The molecule has 0 bridgehead atoms. The number of unbranched alkanes of at least 4 members (excludes halogenated alkanes) is 2. The van der Waals surface area contributed by atoms with Crippen molar-refractivity contribution in [1.82, 2.24) is 4.98 Å². The molecule has 1 aromatic heterocycles. The number of aromatic nitrogens is 1. The molecule has 4 heteroatoms. The molecule has 1 N–H and O–H groups in total. The summed E-state index contributed by atoms with van der Waals surface area (Å²) in [6.07, 6.45) is 6.59. The minimum absolute atomic E-state index is 0.0316. The number of oxazole rings is 1. The van der Waals surface area contributed by atoms with Gasteiger partial charge in [-0.2, -0.15) is 0 Å². The van der Waals surface area contributed by atoms with Crippen molar-refractivity contribution in [2.24, 2.45) is 0 Å². The quantitative estimate of drug-likeness (QED) is 0.710. The van der Waals surface area contributed by atoms with Crippen molar-refractivity contribution in [2.45, 2.75) is 32.6 Å². The highest BCUT2D eigenvalue weighted by Gasteiger charge is 2.03. The van der Waals surface area contributed by atoms with Gasteiger partial charge in [0.2, 0.25) is 5.91 Å². The first-order chi connectivity index (χ1) is 6.33. The van der Waals surface area contributed by atoms with Crippen molar-refractivity contribution in [2.75, 3.05) is 5.32 Å². The minimum atomic E-state index is -0.0316. The summed E-state index contributed by atoms with van der Waals surface area (Å²) in [7, 11) is 0. The molecule has 0 aliphatic rings. The summed E-state index contributed by atoms with van der Waals surface area (Å²) in [4.78, 5) is 15.0. The second-order valence-corrected chi connectivity index (χ2v) is 2.84. The zero-order valence-electron chi connectivity index (χ0n) is 7.75. The van der Waals surface area contributed by atoms with Crippen LogP contribution in [0.4, 0.5) is 6.01 Å². The number of hydrogen-bond acceptors (Lipinski definition) is 3. The Morgan fingerprint density at radius 2 is 2.46 bits per heavy atom. The number of nitrogens with one attached hydrogen (secondary N) is 1. The number of rotatable bonds is 5. The van der Waals surface area contributed by atoms with Crippen LogP contribution >= 0.6 is 0 Å². The molecular weight excluding hydrogens is 168 g/mol. The summed E-state index contributed by atoms with van der Waals surface area (Å²) >= 11 is 0. The lowest BCUT2D eigenvalue weighted by atomic mass is 10.2. The lowest BCUT2D eigenvalue weighted by Gasteiger charge is -1.99. The van der Waals surface area contributed by atoms with Crippen molar-refractivity contribution in [3.8, 4) is 0 Å². The van der Waals surface area contributed by atoms with Gasteiger partial charge in [-0.05, 0) is 6.42 Å².